The smallest absolute Gasteiger partial charge is 0.414 e. The number of fused-ring (bicyclic) bond motifs is 3. The summed E-state index contributed by atoms with van der Waals surface area (Å²) in [7, 11) is 0. The third-order valence-electron chi connectivity index (χ3n) is 4.73. The van der Waals surface area contributed by atoms with Gasteiger partial charge in [0.15, 0.2) is 5.78 Å². The number of aryl methyl sites for hydroxylation is 1. The predicted molar refractivity (Wildman–Crippen MR) is 86.8 cm³/mol. The van der Waals surface area contributed by atoms with Crippen LogP contribution in [0.5, 0.6) is 0 Å². The van der Waals surface area contributed by atoms with Crippen molar-refractivity contribution >= 4 is 17.6 Å². The Bertz CT molecular complexity index is 781. The van der Waals surface area contributed by atoms with Crippen molar-refractivity contribution in [1.82, 2.24) is 0 Å². The van der Waals surface area contributed by atoms with Crippen LogP contribution in [0.2, 0.25) is 0 Å². The molecule has 2 aromatic rings. The average Bonchev–Trinajstić information content (AvgIpc) is 2.96. The van der Waals surface area contributed by atoms with Gasteiger partial charge in [0.25, 0.3) is 0 Å². The number of cyclic esters (lactones) is 1. The fourth-order valence-electron chi connectivity index (χ4n) is 3.50. The molecule has 1 saturated heterocycles. The Labute approximate surface area is 134 Å². The Morgan fingerprint density at radius 1 is 1.13 bits per heavy atom. The van der Waals surface area contributed by atoms with Gasteiger partial charge in [-0.3, -0.25) is 9.69 Å². The minimum absolute atomic E-state index is 0.0767. The molecule has 0 unspecified atom stereocenters. The van der Waals surface area contributed by atoms with Crippen LogP contribution in [0.3, 0.4) is 0 Å². The van der Waals surface area contributed by atoms with Gasteiger partial charge in [0.1, 0.15) is 6.61 Å². The summed E-state index contributed by atoms with van der Waals surface area (Å²) in [6.45, 7) is 2.27. The Hall–Kier alpha value is -2.62. The lowest BCUT2D eigenvalue weighted by Gasteiger charge is -2.34. The van der Waals surface area contributed by atoms with Crippen LogP contribution < -0.4 is 4.90 Å². The van der Waals surface area contributed by atoms with Crippen molar-refractivity contribution in [1.29, 1.82) is 0 Å². The van der Waals surface area contributed by atoms with Crippen molar-refractivity contribution in [2.45, 2.75) is 19.4 Å². The third kappa shape index (κ3) is 2.22. The van der Waals surface area contributed by atoms with E-state index < -0.39 is 0 Å². The maximum Gasteiger partial charge on any atom is 0.414 e. The SMILES string of the molecule is Cc1ccc(C(=O)[C@H]2Cc3ccccc3N3C(=O)OC[C@H]23)cc1. The van der Waals surface area contributed by atoms with E-state index in [0.29, 0.717) is 12.0 Å². The van der Waals surface area contributed by atoms with Crippen LogP contribution in [-0.2, 0) is 11.2 Å². The maximum absolute atomic E-state index is 13.0. The van der Waals surface area contributed by atoms with Gasteiger partial charge in [-0.05, 0) is 25.0 Å². The molecule has 2 aliphatic rings. The number of benzene rings is 2. The number of ether oxygens (including phenoxy) is 1. The third-order valence-corrected chi connectivity index (χ3v) is 4.73. The molecule has 23 heavy (non-hydrogen) atoms. The molecule has 116 valence electrons. The minimum atomic E-state index is -0.358. The second-order valence-electron chi connectivity index (χ2n) is 6.18. The first-order valence-electron chi connectivity index (χ1n) is 7.80. The number of Topliss-reactive ketones (excluding diaryl/α,β-unsaturated/α-hetero) is 1. The van der Waals surface area contributed by atoms with Crippen LogP contribution in [0.4, 0.5) is 10.5 Å². The number of rotatable bonds is 2. The Morgan fingerprint density at radius 3 is 2.65 bits per heavy atom. The first-order valence-corrected chi connectivity index (χ1v) is 7.80. The lowest BCUT2D eigenvalue weighted by molar-refractivity contribution is 0.0888. The second-order valence-corrected chi connectivity index (χ2v) is 6.18. The maximum atomic E-state index is 13.0. The van der Waals surface area contributed by atoms with Crippen LogP contribution in [0.25, 0.3) is 0 Å². The quantitative estimate of drug-likeness (QED) is 0.799. The average molecular weight is 307 g/mol. The lowest BCUT2D eigenvalue weighted by Crippen LogP contribution is -2.47. The second kappa shape index (κ2) is 5.23. The molecule has 4 nitrogen and oxygen atoms in total. The number of carbonyl (C=O) groups excluding carboxylic acids is 2. The number of nitrogens with zero attached hydrogens (tertiary/aromatic N) is 1. The molecule has 0 aromatic heterocycles. The zero-order valence-electron chi connectivity index (χ0n) is 12.9. The molecule has 1 amide bonds. The van der Waals surface area contributed by atoms with Crippen LogP contribution in [0, 0.1) is 12.8 Å². The summed E-state index contributed by atoms with van der Waals surface area (Å²) in [4.78, 5) is 26.7. The Kier molecular flexibility index (Phi) is 3.18. The number of ketones is 1. The van der Waals surface area contributed by atoms with Gasteiger partial charge in [-0.25, -0.2) is 4.79 Å². The molecule has 0 saturated carbocycles. The van der Waals surface area contributed by atoms with Crippen LogP contribution in [-0.4, -0.2) is 24.5 Å². The monoisotopic (exact) mass is 307 g/mol. The molecule has 0 bridgehead atoms. The summed E-state index contributed by atoms with van der Waals surface area (Å²) in [6, 6.07) is 15.1. The van der Waals surface area contributed by atoms with E-state index >= 15 is 0 Å². The molecule has 0 spiro atoms. The van der Waals surface area contributed by atoms with Crippen molar-refractivity contribution in [2.24, 2.45) is 5.92 Å². The van der Waals surface area contributed by atoms with Crippen LogP contribution in [0.1, 0.15) is 21.5 Å². The van der Waals surface area contributed by atoms with Crippen molar-refractivity contribution in [3.63, 3.8) is 0 Å². The first kappa shape index (κ1) is 14.0. The van der Waals surface area contributed by atoms with E-state index in [4.69, 9.17) is 4.74 Å². The van der Waals surface area contributed by atoms with E-state index in [-0.39, 0.29) is 30.4 Å². The van der Waals surface area contributed by atoms with Gasteiger partial charge >= 0.3 is 6.09 Å². The molecule has 2 aliphatic heterocycles. The molecule has 0 N–H and O–H groups in total. The number of amides is 1. The van der Waals surface area contributed by atoms with Crippen LogP contribution in [0.15, 0.2) is 48.5 Å². The molecule has 2 atom stereocenters. The predicted octanol–water partition coefficient (Wildman–Crippen LogP) is 3.38. The zero-order chi connectivity index (χ0) is 16.0. The summed E-state index contributed by atoms with van der Waals surface area (Å²) >= 11 is 0. The van der Waals surface area contributed by atoms with E-state index in [1.165, 1.54) is 0 Å². The largest absolute Gasteiger partial charge is 0.447 e. The highest BCUT2D eigenvalue weighted by atomic mass is 16.6. The molecule has 4 rings (SSSR count). The number of anilines is 1. The fraction of sp³-hybridized carbons (Fsp3) is 0.263. The van der Waals surface area contributed by atoms with Gasteiger partial charge in [0.05, 0.1) is 17.6 Å². The fourth-order valence-corrected chi connectivity index (χ4v) is 3.50. The first-order chi connectivity index (χ1) is 11.1. The summed E-state index contributed by atoms with van der Waals surface area (Å²) in [5.74, 6) is -0.188. The molecule has 0 radical (unpaired) electrons. The molecule has 2 heterocycles. The highest BCUT2D eigenvalue weighted by Crippen LogP contribution is 2.38. The van der Waals surface area contributed by atoms with E-state index in [0.717, 1.165) is 16.8 Å². The van der Waals surface area contributed by atoms with Crippen molar-refractivity contribution in [2.75, 3.05) is 11.5 Å². The van der Waals surface area contributed by atoms with Gasteiger partial charge in [-0.1, -0.05) is 48.0 Å². The van der Waals surface area contributed by atoms with E-state index in [9.17, 15) is 9.59 Å². The Morgan fingerprint density at radius 2 is 1.87 bits per heavy atom. The zero-order valence-corrected chi connectivity index (χ0v) is 12.9. The highest BCUT2D eigenvalue weighted by molar-refractivity contribution is 6.02. The van der Waals surface area contributed by atoms with Gasteiger partial charge < -0.3 is 4.74 Å². The standard InChI is InChI=1S/C19H17NO3/c1-12-6-8-13(9-7-12)18(21)15-10-14-4-2-3-5-16(14)20-17(15)11-23-19(20)22/h2-9,15,17H,10-11H2,1H3/t15-,17+/m0/s1. The summed E-state index contributed by atoms with van der Waals surface area (Å²) < 4.78 is 5.23. The lowest BCUT2D eigenvalue weighted by atomic mass is 9.81. The van der Waals surface area contributed by atoms with Crippen molar-refractivity contribution < 1.29 is 14.3 Å². The van der Waals surface area contributed by atoms with Gasteiger partial charge in [0.2, 0.25) is 0 Å². The number of hydrogen-bond donors (Lipinski definition) is 0. The van der Waals surface area contributed by atoms with Crippen LogP contribution >= 0.6 is 0 Å². The molecule has 2 aromatic carbocycles. The summed E-state index contributed by atoms with van der Waals surface area (Å²) in [6.07, 6.45) is 0.282. The van der Waals surface area contributed by atoms with Crippen molar-refractivity contribution in [3.8, 4) is 0 Å². The van der Waals surface area contributed by atoms with Gasteiger partial charge in [0, 0.05) is 5.56 Å². The number of hydrogen-bond acceptors (Lipinski definition) is 3. The van der Waals surface area contributed by atoms with E-state index in [2.05, 4.69) is 0 Å². The topological polar surface area (TPSA) is 46.6 Å². The molecular weight excluding hydrogens is 290 g/mol. The Balaban J connectivity index is 1.74. The molecule has 1 fully saturated rings. The van der Waals surface area contributed by atoms with Crippen molar-refractivity contribution in [3.05, 3.63) is 65.2 Å². The summed E-state index contributed by atoms with van der Waals surface area (Å²) in [5, 5.41) is 0. The molecular formula is C19H17NO3. The van der Waals surface area contributed by atoms with Gasteiger partial charge in [-0.2, -0.15) is 0 Å². The number of carbonyl (C=O) groups is 2. The molecule has 0 aliphatic carbocycles. The number of para-hydroxylation sites is 1. The normalized spacial score (nSPS) is 22.3. The highest BCUT2D eigenvalue weighted by Gasteiger charge is 2.46. The van der Waals surface area contributed by atoms with Gasteiger partial charge in [-0.15, -0.1) is 0 Å². The summed E-state index contributed by atoms with van der Waals surface area (Å²) in [5.41, 5.74) is 3.71. The minimum Gasteiger partial charge on any atom is -0.447 e. The van der Waals surface area contributed by atoms with E-state index in [1.54, 1.807) is 4.90 Å². The van der Waals surface area contributed by atoms with E-state index in [1.807, 2.05) is 55.5 Å². The molecule has 4 heteroatoms.